The summed E-state index contributed by atoms with van der Waals surface area (Å²) < 4.78 is 39.1. The molecule has 0 aromatic carbocycles. The maximum atomic E-state index is 13.0. The van der Waals surface area contributed by atoms with Gasteiger partial charge in [0.05, 0.1) is 6.54 Å². The fourth-order valence-corrected chi connectivity index (χ4v) is 5.92. The Morgan fingerprint density at radius 1 is 1.30 bits per heavy atom. The summed E-state index contributed by atoms with van der Waals surface area (Å²) in [5.41, 5.74) is 0. The molecule has 7 atom stereocenters. The van der Waals surface area contributed by atoms with Crippen LogP contribution in [0.1, 0.15) is 39.5 Å². The molecule has 3 aliphatic rings. The molecule has 7 unspecified atom stereocenters. The van der Waals surface area contributed by atoms with Crippen LogP contribution in [0, 0.1) is 17.8 Å². The largest absolute Gasteiger partial charge is 0.401 e. The van der Waals surface area contributed by atoms with Gasteiger partial charge in [-0.1, -0.05) is 13.8 Å². The lowest BCUT2D eigenvalue weighted by molar-refractivity contribution is -0.155. The van der Waals surface area contributed by atoms with E-state index in [0.717, 1.165) is 6.42 Å². The molecule has 132 valence electrons. The van der Waals surface area contributed by atoms with E-state index in [1.165, 1.54) is 0 Å². The Morgan fingerprint density at radius 3 is 2.61 bits per heavy atom. The van der Waals surface area contributed by atoms with Gasteiger partial charge in [-0.15, -0.1) is 11.6 Å². The Balaban J connectivity index is 1.88. The molecule has 1 aliphatic carbocycles. The normalized spacial score (nSPS) is 44.6. The van der Waals surface area contributed by atoms with E-state index in [1.54, 1.807) is 4.90 Å². The van der Waals surface area contributed by atoms with Crippen molar-refractivity contribution in [2.75, 3.05) is 6.54 Å². The molecule has 2 aliphatic heterocycles. The number of alkyl halides is 4. The van der Waals surface area contributed by atoms with E-state index in [1.807, 2.05) is 6.92 Å². The Kier molecular flexibility index (Phi) is 4.60. The summed E-state index contributed by atoms with van der Waals surface area (Å²) in [4.78, 5) is 13.4. The topological polar surface area (TPSA) is 32.3 Å². The molecule has 0 spiro atoms. The lowest BCUT2D eigenvalue weighted by atomic mass is 9.66. The maximum absolute atomic E-state index is 13.0. The Morgan fingerprint density at radius 2 is 2.00 bits per heavy atom. The van der Waals surface area contributed by atoms with Gasteiger partial charge in [0.1, 0.15) is 0 Å². The molecule has 1 amide bonds. The van der Waals surface area contributed by atoms with Crippen molar-refractivity contribution in [2.24, 2.45) is 17.8 Å². The molecule has 2 heterocycles. The Bertz CT molecular complexity index is 473. The molecule has 3 fully saturated rings. The first-order valence-electron chi connectivity index (χ1n) is 8.49. The van der Waals surface area contributed by atoms with Gasteiger partial charge in [-0.05, 0) is 31.1 Å². The third kappa shape index (κ3) is 3.09. The molecule has 7 heteroatoms. The van der Waals surface area contributed by atoms with Gasteiger partial charge in [0.2, 0.25) is 5.91 Å². The van der Waals surface area contributed by atoms with E-state index in [0.29, 0.717) is 12.8 Å². The van der Waals surface area contributed by atoms with Crippen molar-refractivity contribution in [3.05, 3.63) is 0 Å². The number of halogens is 4. The number of nitrogens with one attached hydrogen (secondary N) is 1. The van der Waals surface area contributed by atoms with Crippen LogP contribution in [0.5, 0.6) is 0 Å². The van der Waals surface area contributed by atoms with E-state index in [-0.39, 0.29) is 53.6 Å². The van der Waals surface area contributed by atoms with Gasteiger partial charge in [0, 0.05) is 35.8 Å². The summed E-state index contributed by atoms with van der Waals surface area (Å²) >= 11 is 6.49. The first-order valence-corrected chi connectivity index (χ1v) is 8.92. The van der Waals surface area contributed by atoms with Crippen LogP contribution in [0.3, 0.4) is 0 Å². The van der Waals surface area contributed by atoms with Crippen LogP contribution >= 0.6 is 11.6 Å². The molecule has 0 aromatic heterocycles. The van der Waals surface area contributed by atoms with E-state index < -0.39 is 12.7 Å². The molecule has 0 aromatic rings. The number of hydrogen-bond acceptors (Lipinski definition) is 2. The average molecular weight is 353 g/mol. The number of nitrogens with zero attached hydrogens (tertiary/aromatic N) is 1. The van der Waals surface area contributed by atoms with Gasteiger partial charge < -0.3 is 5.32 Å². The van der Waals surface area contributed by atoms with Crippen LogP contribution < -0.4 is 5.32 Å². The van der Waals surface area contributed by atoms with Crippen LogP contribution in [0.4, 0.5) is 13.2 Å². The SMILES string of the molecule is CCC1C(C)C2C3C(Cl)CC(=O)NC3CCC2N1CC(F)(F)F. The van der Waals surface area contributed by atoms with Gasteiger partial charge in [0.15, 0.2) is 0 Å². The highest BCUT2D eigenvalue weighted by molar-refractivity contribution is 6.22. The first-order chi connectivity index (χ1) is 10.7. The zero-order chi connectivity index (χ0) is 16.9. The summed E-state index contributed by atoms with van der Waals surface area (Å²) in [7, 11) is 0. The lowest BCUT2D eigenvalue weighted by Gasteiger charge is -2.47. The molecule has 3 nitrogen and oxygen atoms in total. The van der Waals surface area contributed by atoms with E-state index in [4.69, 9.17) is 11.6 Å². The number of likely N-dealkylation sites (tertiary alicyclic amines) is 1. The summed E-state index contributed by atoms with van der Waals surface area (Å²) in [6, 6.07) is -0.119. The predicted octanol–water partition coefficient (Wildman–Crippen LogP) is 3.17. The number of amides is 1. The number of carbonyl (C=O) groups is 1. The molecule has 1 N–H and O–H groups in total. The van der Waals surface area contributed by atoms with Gasteiger partial charge in [-0.25, -0.2) is 0 Å². The zero-order valence-electron chi connectivity index (χ0n) is 13.4. The number of rotatable bonds is 2. The number of piperidine rings is 1. The highest BCUT2D eigenvalue weighted by atomic mass is 35.5. The highest BCUT2D eigenvalue weighted by Gasteiger charge is 2.57. The van der Waals surface area contributed by atoms with Crippen LogP contribution in [0.25, 0.3) is 0 Å². The third-order valence-electron chi connectivity index (χ3n) is 6.12. The van der Waals surface area contributed by atoms with Crippen molar-refractivity contribution in [2.45, 2.75) is 69.2 Å². The Hall–Kier alpha value is -0.490. The van der Waals surface area contributed by atoms with Gasteiger partial charge in [-0.3, -0.25) is 9.69 Å². The second-order valence-corrected chi connectivity index (χ2v) is 7.88. The molecule has 23 heavy (non-hydrogen) atoms. The molecule has 2 saturated heterocycles. The van der Waals surface area contributed by atoms with Crippen LogP contribution in [0.15, 0.2) is 0 Å². The fraction of sp³-hybridized carbons (Fsp3) is 0.938. The standard InChI is InChI=1S/C16H24ClF3N2O/c1-3-11-8(2)14-12(22(11)7-16(18,19)20)5-4-10-15(14)9(17)6-13(23)21-10/h8-12,14-15H,3-7H2,1-2H3,(H,21,23). The monoisotopic (exact) mass is 352 g/mol. The summed E-state index contributed by atoms with van der Waals surface area (Å²) in [6.45, 7) is 3.18. The highest BCUT2D eigenvalue weighted by Crippen LogP contribution is 2.51. The predicted molar refractivity (Wildman–Crippen MR) is 82.2 cm³/mol. The van der Waals surface area contributed by atoms with Crippen molar-refractivity contribution < 1.29 is 18.0 Å². The van der Waals surface area contributed by atoms with Crippen molar-refractivity contribution in [1.82, 2.24) is 10.2 Å². The van der Waals surface area contributed by atoms with Crippen molar-refractivity contribution in [3.8, 4) is 0 Å². The first kappa shape index (κ1) is 17.3. The van der Waals surface area contributed by atoms with Gasteiger partial charge in [0.25, 0.3) is 0 Å². The summed E-state index contributed by atoms with van der Waals surface area (Å²) in [5, 5.41) is 2.74. The van der Waals surface area contributed by atoms with Crippen molar-refractivity contribution in [3.63, 3.8) is 0 Å². The minimum atomic E-state index is -4.18. The molecule has 1 saturated carbocycles. The van der Waals surface area contributed by atoms with E-state index in [2.05, 4.69) is 12.2 Å². The van der Waals surface area contributed by atoms with Crippen LogP contribution in [-0.4, -0.2) is 47.0 Å². The van der Waals surface area contributed by atoms with E-state index in [9.17, 15) is 18.0 Å². The molecular weight excluding hydrogens is 329 g/mol. The second-order valence-electron chi connectivity index (χ2n) is 7.32. The quantitative estimate of drug-likeness (QED) is 0.774. The molecule has 0 radical (unpaired) electrons. The van der Waals surface area contributed by atoms with Crippen LogP contribution in [0.2, 0.25) is 0 Å². The van der Waals surface area contributed by atoms with Gasteiger partial charge >= 0.3 is 6.18 Å². The third-order valence-corrected chi connectivity index (χ3v) is 6.56. The summed E-state index contributed by atoms with van der Waals surface area (Å²) in [5.74, 6) is 0.338. The number of hydrogen-bond donors (Lipinski definition) is 1. The summed E-state index contributed by atoms with van der Waals surface area (Å²) in [6.07, 6.45) is -1.78. The van der Waals surface area contributed by atoms with E-state index >= 15 is 0 Å². The molecule has 3 rings (SSSR count). The smallest absolute Gasteiger partial charge is 0.353 e. The second kappa shape index (κ2) is 6.10. The minimum absolute atomic E-state index is 0.0193. The molecular formula is C16H24ClF3N2O. The number of carbonyl (C=O) groups excluding carboxylic acids is 1. The average Bonchev–Trinajstić information content (AvgIpc) is 2.68. The lowest BCUT2D eigenvalue weighted by Crippen LogP contribution is -2.58. The van der Waals surface area contributed by atoms with Crippen molar-refractivity contribution in [1.29, 1.82) is 0 Å². The van der Waals surface area contributed by atoms with Crippen LogP contribution in [-0.2, 0) is 4.79 Å². The van der Waals surface area contributed by atoms with Gasteiger partial charge in [-0.2, -0.15) is 13.2 Å². The Labute approximate surface area is 139 Å². The number of fused-ring (bicyclic) bond motifs is 3. The fourth-order valence-electron chi connectivity index (χ4n) is 5.44. The van der Waals surface area contributed by atoms with Crippen molar-refractivity contribution >= 4 is 17.5 Å². The maximum Gasteiger partial charge on any atom is 0.401 e. The molecule has 0 bridgehead atoms. The zero-order valence-corrected chi connectivity index (χ0v) is 14.2. The minimum Gasteiger partial charge on any atom is -0.353 e.